The maximum Gasteiger partial charge on any atom is 0.339 e. The highest BCUT2D eigenvalue weighted by atomic mass is 16.5. The average molecular weight is 456 g/mol. The second-order valence-corrected chi connectivity index (χ2v) is 8.16. The first-order valence-electron chi connectivity index (χ1n) is 10.8. The molecule has 0 fully saturated rings. The second kappa shape index (κ2) is 9.31. The molecule has 4 rings (SSSR count). The largest absolute Gasteiger partial charge is 0.454 e. The van der Waals surface area contributed by atoms with E-state index in [1.165, 1.54) is 6.07 Å². The average Bonchev–Trinajstić information content (AvgIpc) is 3.38. The molecule has 0 atom stereocenters. The minimum Gasteiger partial charge on any atom is -0.454 e. The molecule has 0 aliphatic carbocycles. The molecule has 0 unspecified atom stereocenters. The molecule has 0 aliphatic heterocycles. The van der Waals surface area contributed by atoms with Crippen molar-refractivity contribution in [2.45, 2.75) is 27.7 Å². The molecule has 4 aromatic rings. The van der Waals surface area contributed by atoms with E-state index in [9.17, 15) is 14.4 Å². The number of hydrogen-bond donors (Lipinski definition) is 0. The second-order valence-electron chi connectivity index (χ2n) is 8.16. The predicted octanol–water partition coefficient (Wildman–Crippen LogP) is 4.97. The van der Waals surface area contributed by atoms with E-state index in [1.807, 2.05) is 26.0 Å². The Labute approximate surface area is 197 Å². The number of nitrogens with zero attached hydrogens (tertiary/aromatic N) is 2. The number of benzene rings is 2. The van der Waals surface area contributed by atoms with E-state index in [0.717, 1.165) is 11.3 Å². The molecular weight excluding hydrogens is 432 g/mol. The Morgan fingerprint density at radius 2 is 1.56 bits per heavy atom. The van der Waals surface area contributed by atoms with Crippen molar-refractivity contribution in [2.75, 3.05) is 6.61 Å². The standard InChI is InChI=1S/C27H24N2O5/c1-16-9-11-20(12-10-16)26(31)21-7-5-6-8-22(21)27(32)33-15-24(30)23-13-17(2)29(19(23)4)25-14-18(3)34-28-25/h5-14H,15H2,1-4H3. The van der Waals surface area contributed by atoms with E-state index in [0.29, 0.717) is 28.4 Å². The number of Topliss-reactive ketones (excluding diaryl/α,β-unsaturated/α-hetero) is 1. The first-order valence-corrected chi connectivity index (χ1v) is 10.8. The van der Waals surface area contributed by atoms with Crippen LogP contribution in [0.4, 0.5) is 0 Å². The van der Waals surface area contributed by atoms with Gasteiger partial charge in [-0.15, -0.1) is 0 Å². The summed E-state index contributed by atoms with van der Waals surface area (Å²) in [6.45, 7) is 6.92. The Kier molecular flexibility index (Phi) is 6.27. The van der Waals surface area contributed by atoms with Gasteiger partial charge in [-0.1, -0.05) is 53.2 Å². The maximum absolute atomic E-state index is 13.0. The summed E-state index contributed by atoms with van der Waals surface area (Å²) in [5, 5.41) is 4.01. The number of ketones is 2. The van der Waals surface area contributed by atoms with Crippen LogP contribution >= 0.6 is 0 Å². The third-order valence-electron chi connectivity index (χ3n) is 5.62. The summed E-state index contributed by atoms with van der Waals surface area (Å²) >= 11 is 0. The number of aromatic nitrogens is 2. The van der Waals surface area contributed by atoms with Gasteiger partial charge >= 0.3 is 5.97 Å². The van der Waals surface area contributed by atoms with Gasteiger partial charge in [0.1, 0.15) is 5.76 Å². The zero-order valence-corrected chi connectivity index (χ0v) is 19.4. The van der Waals surface area contributed by atoms with Crippen LogP contribution in [0.5, 0.6) is 0 Å². The van der Waals surface area contributed by atoms with Crippen molar-refractivity contribution in [1.82, 2.24) is 9.72 Å². The summed E-state index contributed by atoms with van der Waals surface area (Å²) in [4.78, 5) is 38.7. The van der Waals surface area contributed by atoms with E-state index in [1.54, 1.807) is 60.9 Å². The molecule has 172 valence electrons. The minimum absolute atomic E-state index is 0.115. The van der Waals surface area contributed by atoms with Crippen LogP contribution in [0.3, 0.4) is 0 Å². The third-order valence-corrected chi connectivity index (χ3v) is 5.62. The summed E-state index contributed by atoms with van der Waals surface area (Å²) in [6, 6.07) is 17.0. The molecule has 7 nitrogen and oxygen atoms in total. The van der Waals surface area contributed by atoms with Crippen LogP contribution in [-0.4, -0.2) is 33.9 Å². The molecule has 0 radical (unpaired) electrons. The Bertz CT molecular complexity index is 1390. The lowest BCUT2D eigenvalue weighted by molar-refractivity contribution is 0.0472. The van der Waals surface area contributed by atoms with Gasteiger partial charge in [-0.2, -0.15) is 0 Å². The summed E-state index contributed by atoms with van der Waals surface area (Å²) in [5.41, 5.74) is 3.73. The van der Waals surface area contributed by atoms with E-state index >= 15 is 0 Å². The Morgan fingerprint density at radius 1 is 0.882 bits per heavy atom. The van der Waals surface area contributed by atoms with Gasteiger partial charge in [0.15, 0.2) is 18.2 Å². The molecule has 0 saturated heterocycles. The Balaban J connectivity index is 1.51. The molecule has 0 aliphatic rings. The van der Waals surface area contributed by atoms with Crippen molar-refractivity contribution in [3.8, 4) is 5.82 Å². The predicted molar refractivity (Wildman–Crippen MR) is 126 cm³/mol. The lowest BCUT2D eigenvalue weighted by Gasteiger charge is -2.09. The van der Waals surface area contributed by atoms with Crippen molar-refractivity contribution >= 4 is 17.5 Å². The molecule has 2 aromatic heterocycles. The van der Waals surface area contributed by atoms with Gasteiger partial charge in [0, 0.05) is 34.1 Å². The molecule has 7 heteroatoms. The highest BCUT2D eigenvalue weighted by molar-refractivity contribution is 6.14. The summed E-state index contributed by atoms with van der Waals surface area (Å²) in [7, 11) is 0. The van der Waals surface area contributed by atoms with Crippen molar-refractivity contribution in [3.63, 3.8) is 0 Å². The highest BCUT2D eigenvalue weighted by Gasteiger charge is 2.22. The van der Waals surface area contributed by atoms with Crippen LogP contribution in [0.15, 0.2) is 65.2 Å². The van der Waals surface area contributed by atoms with Crippen molar-refractivity contribution in [2.24, 2.45) is 0 Å². The first-order chi connectivity index (χ1) is 16.3. The van der Waals surface area contributed by atoms with Crippen LogP contribution < -0.4 is 0 Å². The van der Waals surface area contributed by atoms with Crippen LogP contribution in [-0.2, 0) is 4.74 Å². The monoisotopic (exact) mass is 456 g/mol. The van der Waals surface area contributed by atoms with E-state index in [2.05, 4.69) is 5.16 Å². The number of rotatable bonds is 7. The number of carbonyl (C=O) groups excluding carboxylic acids is 3. The van der Waals surface area contributed by atoms with Gasteiger partial charge in [-0.25, -0.2) is 4.79 Å². The summed E-state index contributed by atoms with van der Waals surface area (Å²) in [5.74, 6) is -0.138. The first kappa shape index (κ1) is 22.9. The van der Waals surface area contributed by atoms with Gasteiger partial charge < -0.3 is 9.26 Å². The van der Waals surface area contributed by atoms with Crippen molar-refractivity contribution in [1.29, 1.82) is 0 Å². The molecule has 34 heavy (non-hydrogen) atoms. The Morgan fingerprint density at radius 3 is 2.21 bits per heavy atom. The van der Waals surface area contributed by atoms with Crippen molar-refractivity contribution < 1.29 is 23.6 Å². The van der Waals surface area contributed by atoms with Gasteiger partial charge in [0.2, 0.25) is 5.78 Å². The number of hydrogen-bond acceptors (Lipinski definition) is 6. The zero-order valence-electron chi connectivity index (χ0n) is 19.4. The number of esters is 1. The SMILES string of the molecule is Cc1ccc(C(=O)c2ccccc2C(=O)OCC(=O)c2cc(C)n(-c3cc(C)on3)c2C)cc1. The molecule has 2 aromatic carbocycles. The van der Waals surface area contributed by atoms with Crippen LogP contribution in [0.25, 0.3) is 5.82 Å². The van der Waals surface area contributed by atoms with E-state index < -0.39 is 12.6 Å². The van der Waals surface area contributed by atoms with Crippen LogP contribution in [0, 0.1) is 27.7 Å². The fraction of sp³-hybridized carbons (Fsp3) is 0.185. The van der Waals surface area contributed by atoms with Gasteiger partial charge in [0.05, 0.1) is 5.56 Å². The summed E-state index contributed by atoms with van der Waals surface area (Å²) < 4.78 is 12.3. The lowest BCUT2D eigenvalue weighted by Crippen LogP contribution is -2.17. The molecule has 0 N–H and O–H groups in total. The minimum atomic E-state index is -0.731. The normalized spacial score (nSPS) is 10.8. The molecule has 0 spiro atoms. The van der Waals surface area contributed by atoms with E-state index in [-0.39, 0.29) is 22.7 Å². The fourth-order valence-electron chi connectivity index (χ4n) is 3.86. The zero-order chi connectivity index (χ0) is 24.4. The van der Waals surface area contributed by atoms with Gasteiger partial charge in [-0.05, 0) is 39.8 Å². The van der Waals surface area contributed by atoms with Gasteiger partial charge in [-0.3, -0.25) is 14.2 Å². The molecule has 0 amide bonds. The van der Waals surface area contributed by atoms with Crippen LogP contribution in [0.1, 0.15) is 59.3 Å². The number of ether oxygens (including phenoxy) is 1. The fourth-order valence-corrected chi connectivity index (χ4v) is 3.86. The quantitative estimate of drug-likeness (QED) is 0.288. The smallest absolute Gasteiger partial charge is 0.339 e. The molecular formula is C27H24N2O5. The highest BCUT2D eigenvalue weighted by Crippen LogP contribution is 2.22. The van der Waals surface area contributed by atoms with Gasteiger partial charge in [0.25, 0.3) is 0 Å². The number of aryl methyl sites for hydroxylation is 3. The van der Waals surface area contributed by atoms with Crippen molar-refractivity contribution in [3.05, 3.63) is 106 Å². The lowest BCUT2D eigenvalue weighted by atomic mass is 9.98. The summed E-state index contributed by atoms with van der Waals surface area (Å²) in [6.07, 6.45) is 0. The third kappa shape index (κ3) is 4.45. The van der Waals surface area contributed by atoms with E-state index in [4.69, 9.17) is 9.26 Å². The topological polar surface area (TPSA) is 91.4 Å². The maximum atomic E-state index is 13.0. The van der Waals surface area contributed by atoms with Crippen LogP contribution in [0.2, 0.25) is 0 Å². The number of carbonyl (C=O) groups is 3. The molecule has 2 heterocycles. The Hall–Kier alpha value is -4.26. The molecule has 0 saturated carbocycles. The molecule has 0 bridgehead atoms.